The van der Waals surface area contributed by atoms with Gasteiger partial charge in [-0.1, -0.05) is 42.5 Å². The second-order valence-electron chi connectivity index (χ2n) is 5.49. The Morgan fingerprint density at radius 3 is 2.36 bits per heavy atom. The first-order valence-electron chi connectivity index (χ1n) is 7.58. The standard InChI is InChI=1S/C20H15FINO2/c1-23-12-17(14-6-3-2-4-7-14)20(24)18(13-23)15-8-5-9-16(10-15)25-19(21)11-22/h2-13H,1H3. The Labute approximate surface area is 158 Å². The molecule has 0 aliphatic carbocycles. The van der Waals surface area contributed by atoms with Gasteiger partial charge in [0, 0.05) is 34.7 Å². The van der Waals surface area contributed by atoms with Crippen LogP contribution in [0, 0.1) is 0 Å². The average molecular weight is 447 g/mol. The molecule has 1 heterocycles. The molecule has 126 valence electrons. The van der Waals surface area contributed by atoms with Crippen LogP contribution in [0.25, 0.3) is 22.3 Å². The molecule has 25 heavy (non-hydrogen) atoms. The Morgan fingerprint density at radius 2 is 1.68 bits per heavy atom. The number of rotatable bonds is 4. The van der Waals surface area contributed by atoms with Gasteiger partial charge in [0.1, 0.15) is 5.75 Å². The van der Waals surface area contributed by atoms with Gasteiger partial charge in [0.2, 0.25) is 0 Å². The van der Waals surface area contributed by atoms with Gasteiger partial charge < -0.3 is 9.30 Å². The van der Waals surface area contributed by atoms with E-state index in [0.29, 0.717) is 22.4 Å². The van der Waals surface area contributed by atoms with Crippen molar-refractivity contribution in [3.05, 3.63) is 87.3 Å². The lowest BCUT2D eigenvalue weighted by Gasteiger charge is -2.10. The predicted molar refractivity (Wildman–Crippen MR) is 106 cm³/mol. The number of halogens is 2. The Hall–Kier alpha value is -2.41. The van der Waals surface area contributed by atoms with Gasteiger partial charge in [0.15, 0.2) is 5.43 Å². The quantitative estimate of drug-likeness (QED) is 0.402. The number of hydrogen-bond donors (Lipinski definition) is 0. The molecule has 0 saturated carbocycles. The molecule has 0 amide bonds. The number of ether oxygens (including phenoxy) is 1. The van der Waals surface area contributed by atoms with Crippen LogP contribution in [0.5, 0.6) is 5.75 Å². The van der Waals surface area contributed by atoms with Crippen molar-refractivity contribution in [1.29, 1.82) is 0 Å². The van der Waals surface area contributed by atoms with Gasteiger partial charge in [-0.2, -0.15) is 4.39 Å². The summed E-state index contributed by atoms with van der Waals surface area (Å²) >= 11 is 1.77. The third-order valence-corrected chi connectivity index (χ3v) is 4.18. The first kappa shape index (κ1) is 17.4. The highest BCUT2D eigenvalue weighted by Gasteiger charge is 2.11. The lowest BCUT2D eigenvalue weighted by molar-refractivity contribution is 0.304. The van der Waals surface area contributed by atoms with Crippen molar-refractivity contribution in [3.8, 4) is 28.0 Å². The van der Waals surface area contributed by atoms with Crippen molar-refractivity contribution in [2.24, 2.45) is 7.05 Å². The minimum Gasteiger partial charge on any atom is -0.431 e. The van der Waals surface area contributed by atoms with E-state index in [1.54, 1.807) is 53.2 Å². The molecular weight excluding hydrogens is 432 g/mol. The van der Waals surface area contributed by atoms with Crippen LogP contribution in [0.15, 0.2) is 81.9 Å². The van der Waals surface area contributed by atoms with Gasteiger partial charge in [-0.3, -0.25) is 4.79 Å². The fraction of sp³-hybridized carbons (Fsp3) is 0.0500. The zero-order valence-corrected chi connectivity index (χ0v) is 15.6. The summed E-state index contributed by atoms with van der Waals surface area (Å²) in [4.78, 5) is 13.0. The van der Waals surface area contributed by atoms with E-state index >= 15 is 0 Å². The summed E-state index contributed by atoms with van der Waals surface area (Å²) in [6, 6.07) is 15.7. The number of hydrogen-bond acceptors (Lipinski definition) is 2. The minimum atomic E-state index is -0.691. The van der Waals surface area contributed by atoms with Gasteiger partial charge in [0.25, 0.3) is 6.01 Å². The van der Waals surface area contributed by atoms with E-state index < -0.39 is 6.01 Å². The van der Waals surface area contributed by atoms with Crippen molar-refractivity contribution < 1.29 is 9.13 Å². The molecule has 0 N–H and O–H groups in total. The molecule has 0 bridgehead atoms. The van der Waals surface area contributed by atoms with E-state index in [4.69, 9.17) is 4.74 Å². The van der Waals surface area contributed by atoms with Gasteiger partial charge in [-0.15, -0.1) is 0 Å². The van der Waals surface area contributed by atoms with Crippen LogP contribution < -0.4 is 10.2 Å². The Kier molecular flexibility index (Phi) is 5.33. The van der Waals surface area contributed by atoms with Crippen molar-refractivity contribution in [3.63, 3.8) is 0 Å². The maximum Gasteiger partial charge on any atom is 0.284 e. The lowest BCUT2D eigenvalue weighted by Crippen LogP contribution is -2.11. The first-order valence-corrected chi connectivity index (χ1v) is 8.83. The summed E-state index contributed by atoms with van der Waals surface area (Å²) in [5.74, 6) is 0.343. The van der Waals surface area contributed by atoms with Crippen LogP contribution >= 0.6 is 22.6 Å². The van der Waals surface area contributed by atoms with E-state index in [2.05, 4.69) is 0 Å². The topological polar surface area (TPSA) is 31.2 Å². The first-order chi connectivity index (χ1) is 12.1. The fourth-order valence-electron chi connectivity index (χ4n) is 2.60. The highest BCUT2D eigenvalue weighted by atomic mass is 127. The van der Waals surface area contributed by atoms with Crippen molar-refractivity contribution in [1.82, 2.24) is 4.57 Å². The molecule has 0 unspecified atom stereocenters. The molecule has 3 nitrogen and oxygen atoms in total. The molecule has 0 aliphatic heterocycles. The molecule has 0 fully saturated rings. The smallest absolute Gasteiger partial charge is 0.284 e. The molecular formula is C20H15FINO2. The lowest BCUT2D eigenvalue weighted by atomic mass is 10.0. The second-order valence-corrected chi connectivity index (χ2v) is 6.11. The monoisotopic (exact) mass is 447 g/mol. The highest BCUT2D eigenvalue weighted by molar-refractivity contribution is 14.1. The number of aromatic nitrogens is 1. The Balaban J connectivity index is 2.11. The number of aryl methyl sites for hydroxylation is 1. The summed E-state index contributed by atoms with van der Waals surface area (Å²) in [5.41, 5.74) is 2.61. The van der Waals surface area contributed by atoms with Crippen molar-refractivity contribution in [2.75, 3.05) is 0 Å². The fourth-order valence-corrected chi connectivity index (χ4v) is 2.72. The van der Waals surface area contributed by atoms with Gasteiger partial charge in [-0.25, -0.2) is 0 Å². The summed E-state index contributed by atoms with van der Waals surface area (Å²) in [7, 11) is 1.87. The molecule has 0 saturated heterocycles. The zero-order valence-electron chi connectivity index (χ0n) is 13.4. The van der Waals surface area contributed by atoms with E-state index in [9.17, 15) is 9.18 Å². The summed E-state index contributed by atoms with van der Waals surface area (Å²) in [5, 5.41) is 0. The molecule has 2 aromatic carbocycles. The highest BCUT2D eigenvalue weighted by Crippen LogP contribution is 2.25. The number of nitrogens with zero attached hydrogens (tertiary/aromatic N) is 1. The van der Waals surface area contributed by atoms with Crippen LogP contribution in [0.1, 0.15) is 0 Å². The van der Waals surface area contributed by atoms with Crippen LogP contribution in [-0.4, -0.2) is 4.57 Å². The molecule has 5 heteroatoms. The van der Waals surface area contributed by atoms with Gasteiger partial charge >= 0.3 is 0 Å². The van der Waals surface area contributed by atoms with Gasteiger partial charge in [0.05, 0.1) is 0 Å². The Bertz CT molecular complexity index is 980. The molecule has 1 aromatic heterocycles. The zero-order chi connectivity index (χ0) is 17.8. The van der Waals surface area contributed by atoms with E-state index in [1.807, 2.05) is 48.0 Å². The molecule has 0 spiro atoms. The third kappa shape index (κ3) is 3.99. The second kappa shape index (κ2) is 7.65. The minimum absolute atomic E-state index is 0.0774. The van der Waals surface area contributed by atoms with Crippen molar-refractivity contribution >= 4 is 22.6 Å². The van der Waals surface area contributed by atoms with Crippen LogP contribution in [0.2, 0.25) is 0 Å². The average Bonchev–Trinajstić information content (AvgIpc) is 2.64. The van der Waals surface area contributed by atoms with Crippen molar-refractivity contribution in [2.45, 2.75) is 0 Å². The molecule has 0 aliphatic rings. The number of pyridine rings is 1. The van der Waals surface area contributed by atoms with E-state index in [0.717, 1.165) is 5.56 Å². The summed E-state index contributed by atoms with van der Waals surface area (Å²) in [6.45, 7) is 0. The largest absolute Gasteiger partial charge is 0.431 e. The Morgan fingerprint density at radius 1 is 1.04 bits per heavy atom. The maximum absolute atomic E-state index is 13.3. The molecule has 3 aromatic rings. The number of benzene rings is 2. The van der Waals surface area contributed by atoms with Gasteiger partial charge in [-0.05, 0) is 45.9 Å². The maximum atomic E-state index is 13.3. The third-order valence-electron chi connectivity index (χ3n) is 3.69. The molecule has 0 atom stereocenters. The molecule has 0 radical (unpaired) electrons. The summed E-state index contributed by atoms with van der Waals surface area (Å²) in [6.07, 6.45) is 3.57. The van der Waals surface area contributed by atoms with Crippen LogP contribution in [0.4, 0.5) is 4.39 Å². The normalized spacial score (nSPS) is 11.4. The van der Waals surface area contributed by atoms with Crippen LogP contribution in [0.3, 0.4) is 0 Å². The predicted octanol–water partition coefficient (Wildman–Crippen LogP) is 5.30. The molecule has 3 rings (SSSR count). The van der Waals surface area contributed by atoms with E-state index in [1.165, 1.54) is 4.08 Å². The summed E-state index contributed by atoms with van der Waals surface area (Å²) < 4.78 is 21.5. The van der Waals surface area contributed by atoms with E-state index in [-0.39, 0.29) is 5.43 Å². The van der Waals surface area contributed by atoms with Crippen LogP contribution in [-0.2, 0) is 7.05 Å². The SMILES string of the molecule is Cn1cc(-c2ccccc2)c(=O)c(-c2cccc(OC(F)=CI)c2)c1.